The molecule has 130 valence electrons. The highest BCUT2D eigenvalue weighted by molar-refractivity contribution is 6.05. The van der Waals surface area contributed by atoms with E-state index in [4.69, 9.17) is 10.5 Å². The van der Waals surface area contributed by atoms with Gasteiger partial charge in [0.25, 0.3) is 0 Å². The molecule has 7 heteroatoms. The van der Waals surface area contributed by atoms with Gasteiger partial charge in [-0.25, -0.2) is 9.79 Å². The quantitative estimate of drug-likeness (QED) is 0.573. The molecule has 0 atom stereocenters. The SMILES string of the molecule is CCC/C=C/C(C(=O)O)=C1/C(OC)=NC(/C(C=NC)=C/N)=CN1C. The van der Waals surface area contributed by atoms with Crippen molar-refractivity contribution in [2.24, 2.45) is 15.7 Å². The minimum Gasteiger partial charge on any atom is -0.479 e. The van der Waals surface area contributed by atoms with Gasteiger partial charge < -0.3 is 20.5 Å². The maximum absolute atomic E-state index is 11.7. The van der Waals surface area contributed by atoms with Gasteiger partial charge in [-0.05, 0) is 12.5 Å². The van der Waals surface area contributed by atoms with Gasteiger partial charge in [0.05, 0.1) is 18.4 Å². The molecule has 0 bridgehead atoms. The van der Waals surface area contributed by atoms with Crippen LogP contribution in [0.25, 0.3) is 0 Å². The fourth-order valence-corrected chi connectivity index (χ4v) is 2.13. The number of carboxylic acids is 1. The highest BCUT2D eigenvalue weighted by atomic mass is 16.5. The van der Waals surface area contributed by atoms with E-state index in [1.807, 2.05) is 13.0 Å². The Hall–Kier alpha value is -2.83. The molecule has 0 radical (unpaired) electrons. The number of methoxy groups -OCH3 is 1. The average Bonchev–Trinajstić information content (AvgIpc) is 2.56. The van der Waals surface area contributed by atoms with E-state index in [2.05, 4.69) is 9.98 Å². The number of nitrogens with zero attached hydrogens (tertiary/aromatic N) is 3. The van der Waals surface area contributed by atoms with E-state index in [0.29, 0.717) is 17.0 Å². The van der Waals surface area contributed by atoms with Gasteiger partial charge in [-0.15, -0.1) is 0 Å². The standard InChI is InChI=1S/C17H24N4O3/c1-5-6-7-8-13(17(22)23)15-16(24-4)20-14(11-21(15)3)12(9-18)10-19-2/h7-11H,5-6,18H2,1-4H3,(H,22,23)/b8-7+,12-9+,15-13+,19-10?. The highest BCUT2D eigenvalue weighted by Gasteiger charge is 2.25. The molecular weight excluding hydrogens is 308 g/mol. The number of hydrogen-bond donors (Lipinski definition) is 2. The molecule has 1 aliphatic heterocycles. The lowest BCUT2D eigenvalue weighted by Crippen LogP contribution is -2.28. The van der Waals surface area contributed by atoms with Crippen molar-refractivity contribution in [2.45, 2.75) is 19.8 Å². The zero-order chi connectivity index (χ0) is 18.1. The van der Waals surface area contributed by atoms with E-state index < -0.39 is 5.97 Å². The summed E-state index contributed by atoms with van der Waals surface area (Å²) in [6, 6.07) is 0. The number of carboxylic acid groups (broad SMARTS) is 1. The Morgan fingerprint density at radius 2 is 2.25 bits per heavy atom. The van der Waals surface area contributed by atoms with Crippen LogP contribution in [-0.2, 0) is 9.53 Å². The molecule has 0 aromatic carbocycles. The van der Waals surface area contributed by atoms with Crippen LogP contribution in [0.1, 0.15) is 19.8 Å². The van der Waals surface area contributed by atoms with Gasteiger partial charge in [-0.2, -0.15) is 0 Å². The molecule has 0 spiro atoms. The van der Waals surface area contributed by atoms with Gasteiger partial charge in [0.2, 0.25) is 5.90 Å². The van der Waals surface area contributed by atoms with Crippen LogP contribution in [0.4, 0.5) is 0 Å². The molecule has 0 saturated carbocycles. The maximum Gasteiger partial charge on any atom is 0.338 e. The molecule has 0 unspecified atom stereocenters. The minimum atomic E-state index is -1.05. The van der Waals surface area contributed by atoms with Gasteiger partial charge in [-0.1, -0.05) is 19.4 Å². The molecule has 3 N–H and O–H groups in total. The second-order valence-electron chi connectivity index (χ2n) is 5.01. The molecular formula is C17H24N4O3. The van der Waals surface area contributed by atoms with Crippen molar-refractivity contribution in [3.8, 4) is 0 Å². The van der Waals surface area contributed by atoms with E-state index in [0.717, 1.165) is 12.8 Å². The number of carbonyl (C=O) groups is 1. The Labute approximate surface area is 142 Å². The van der Waals surface area contributed by atoms with Crippen LogP contribution >= 0.6 is 0 Å². The number of hydrogen-bond acceptors (Lipinski definition) is 6. The molecule has 0 amide bonds. The predicted octanol–water partition coefficient (Wildman–Crippen LogP) is 2.06. The molecule has 1 heterocycles. The van der Waals surface area contributed by atoms with Crippen molar-refractivity contribution in [1.29, 1.82) is 0 Å². The fourth-order valence-electron chi connectivity index (χ4n) is 2.13. The summed E-state index contributed by atoms with van der Waals surface area (Å²) in [5, 5.41) is 9.54. The first kappa shape index (κ1) is 19.2. The third-order valence-electron chi connectivity index (χ3n) is 3.26. The largest absolute Gasteiger partial charge is 0.479 e. The number of ether oxygens (including phenoxy) is 1. The van der Waals surface area contributed by atoms with Crippen molar-refractivity contribution in [3.63, 3.8) is 0 Å². The number of nitrogens with two attached hydrogens (primary N) is 1. The van der Waals surface area contributed by atoms with Gasteiger partial charge in [0.1, 0.15) is 5.70 Å². The number of unbranched alkanes of at least 4 members (excludes halogenated alkanes) is 1. The third kappa shape index (κ3) is 4.58. The van der Waals surface area contributed by atoms with Crippen LogP contribution in [0.5, 0.6) is 0 Å². The van der Waals surface area contributed by atoms with Gasteiger partial charge in [-0.3, -0.25) is 4.99 Å². The van der Waals surface area contributed by atoms with E-state index in [9.17, 15) is 9.90 Å². The molecule has 0 aromatic rings. The summed E-state index contributed by atoms with van der Waals surface area (Å²) in [7, 11) is 4.81. The average molecular weight is 332 g/mol. The van der Waals surface area contributed by atoms with Crippen molar-refractivity contribution in [1.82, 2.24) is 4.90 Å². The summed E-state index contributed by atoms with van der Waals surface area (Å²) in [5.74, 6) is -0.840. The first-order chi connectivity index (χ1) is 11.5. The topological polar surface area (TPSA) is 101 Å². The van der Waals surface area contributed by atoms with Crippen molar-refractivity contribution in [3.05, 3.63) is 47.1 Å². The smallest absolute Gasteiger partial charge is 0.338 e. The molecule has 0 fully saturated rings. The first-order valence-electron chi connectivity index (χ1n) is 7.56. The molecule has 0 aromatic heterocycles. The number of allylic oxidation sites excluding steroid dienone is 2. The highest BCUT2D eigenvalue weighted by Crippen LogP contribution is 2.24. The van der Waals surface area contributed by atoms with Crippen molar-refractivity contribution in [2.75, 3.05) is 21.2 Å². The number of likely N-dealkylation sites (N-methyl/N-ethyl adjacent to an activating group) is 1. The lowest BCUT2D eigenvalue weighted by Gasteiger charge is -2.26. The normalized spacial score (nSPS) is 18.0. The summed E-state index contributed by atoms with van der Waals surface area (Å²) in [6.45, 7) is 2.03. The summed E-state index contributed by atoms with van der Waals surface area (Å²) >= 11 is 0. The fraction of sp³-hybridized carbons (Fsp3) is 0.353. The van der Waals surface area contributed by atoms with E-state index in [1.54, 1.807) is 37.5 Å². The molecule has 24 heavy (non-hydrogen) atoms. The second-order valence-corrected chi connectivity index (χ2v) is 5.01. The van der Waals surface area contributed by atoms with E-state index >= 15 is 0 Å². The molecule has 1 rings (SSSR count). The first-order valence-corrected chi connectivity index (χ1v) is 7.56. The van der Waals surface area contributed by atoms with Crippen LogP contribution in [0.2, 0.25) is 0 Å². The Balaban J connectivity index is 3.42. The van der Waals surface area contributed by atoms with E-state index in [-0.39, 0.29) is 11.5 Å². The number of rotatable bonds is 6. The number of aliphatic carboxylic acids is 1. The Morgan fingerprint density at radius 3 is 2.75 bits per heavy atom. The molecule has 1 aliphatic rings. The summed E-state index contributed by atoms with van der Waals surface area (Å²) in [6.07, 6.45) is 9.78. The van der Waals surface area contributed by atoms with Crippen LogP contribution in [0, 0.1) is 0 Å². The third-order valence-corrected chi connectivity index (χ3v) is 3.26. The molecule has 0 saturated heterocycles. The van der Waals surface area contributed by atoms with Crippen LogP contribution in [-0.4, -0.2) is 49.3 Å². The second kappa shape index (κ2) is 9.34. The predicted molar refractivity (Wildman–Crippen MR) is 95.7 cm³/mol. The molecule has 0 aliphatic carbocycles. The number of aliphatic imine (C=N–C) groups is 2. The van der Waals surface area contributed by atoms with Gasteiger partial charge in [0, 0.05) is 38.3 Å². The van der Waals surface area contributed by atoms with E-state index in [1.165, 1.54) is 13.3 Å². The maximum atomic E-state index is 11.7. The van der Waals surface area contributed by atoms with Crippen molar-refractivity contribution < 1.29 is 14.6 Å². The van der Waals surface area contributed by atoms with Gasteiger partial charge in [0.15, 0.2) is 0 Å². The minimum absolute atomic E-state index is 0.115. The summed E-state index contributed by atoms with van der Waals surface area (Å²) in [5.41, 5.74) is 7.24. The Morgan fingerprint density at radius 1 is 1.54 bits per heavy atom. The lowest BCUT2D eigenvalue weighted by molar-refractivity contribution is -0.132. The Bertz CT molecular complexity index is 655. The zero-order valence-corrected chi connectivity index (χ0v) is 14.5. The van der Waals surface area contributed by atoms with Crippen LogP contribution < -0.4 is 5.73 Å². The summed E-state index contributed by atoms with van der Waals surface area (Å²) < 4.78 is 5.31. The van der Waals surface area contributed by atoms with Crippen molar-refractivity contribution >= 4 is 18.1 Å². The molecule has 7 nitrogen and oxygen atoms in total. The monoisotopic (exact) mass is 332 g/mol. The van der Waals surface area contributed by atoms with Crippen LogP contribution in [0.3, 0.4) is 0 Å². The lowest BCUT2D eigenvalue weighted by atomic mass is 10.1. The van der Waals surface area contributed by atoms with Gasteiger partial charge >= 0.3 is 5.97 Å². The Kier molecular flexibility index (Phi) is 7.48. The summed E-state index contributed by atoms with van der Waals surface area (Å²) in [4.78, 5) is 21.6. The zero-order valence-electron chi connectivity index (χ0n) is 14.5. The van der Waals surface area contributed by atoms with Crippen LogP contribution in [0.15, 0.2) is 57.1 Å².